The number of ketones is 1. The molecule has 0 radical (unpaired) electrons. The molecule has 0 N–H and O–H groups in total. The maximum Gasteiger partial charge on any atom is 0.290 e. The van der Waals surface area contributed by atoms with Gasteiger partial charge in [-0.25, -0.2) is 0 Å². The molecular formula is C11H13NO2S. The number of Topliss-reactive ketones (excluding diaryl/α,β-unsaturated/α-hetero) is 1. The summed E-state index contributed by atoms with van der Waals surface area (Å²) in [5, 5.41) is 2.00. The maximum atomic E-state index is 11.6. The van der Waals surface area contributed by atoms with Gasteiger partial charge in [0.1, 0.15) is 0 Å². The van der Waals surface area contributed by atoms with Gasteiger partial charge in [0.05, 0.1) is 6.04 Å². The Morgan fingerprint density at radius 2 is 2.33 bits per heavy atom. The molecule has 2 heterocycles. The third-order valence-corrected chi connectivity index (χ3v) is 3.69. The van der Waals surface area contributed by atoms with E-state index in [2.05, 4.69) is 0 Å². The number of carbonyl (C=O) groups is 2. The van der Waals surface area contributed by atoms with Crippen LogP contribution in [0.3, 0.4) is 0 Å². The number of hydrogen-bond acceptors (Lipinski definition) is 3. The monoisotopic (exact) mass is 223 g/mol. The van der Waals surface area contributed by atoms with Gasteiger partial charge in [0, 0.05) is 17.8 Å². The van der Waals surface area contributed by atoms with Crippen LogP contribution in [0.1, 0.15) is 30.7 Å². The highest BCUT2D eigenvalue weighted by molar-refractivity contribution is 7.10. The predicted molar refractivity (Wildman–Crippen MR) is 58.7 cm³/mol. The fraction of sp³-hybridized carbons (Fsp3) is 0.455. The standard InChI is InChI=1S/C11H13NO2S/c1-2-8(10-4-3-7-15-10)12-6-5-9(13)11(12)14/h3-4,7-8H,2,5-6H2,1H3. The highest BCUT2D eigenvalue weighted by Crippen LogP contribution is 2.30. The van der Waals surface area contributed by atoms with Gasteiger partial charge >= 0.3 is 0 Å². The molecule has 1 amide bonds. The summed E-state index contributed by atoms with van der Waals surface area (Å²) in [7, 11) is 0. The van der Waals surface area contributed by atoms with Crippen LogP contribution in [0.25, 0.3) is 0 Å². The highest BCUT2D eigenvalue weighted by atomic mass is 32.1. The van der Waals surface area contributed by atoms with Crippen LogP contribution in [-0.2, 0) is 9.59 Å². The molecular weight excluding hydrogens is 210 g/mol. The van der Waals surface area contributed by atoms with Gasteiger partial charge in [-0.3, -0.25) is 9.59 Å². The summed E-state index contributed by atoms with van der Waals surface area (Å²) in [5.74, 6) is -0.555. The van der Waals surface area contributed by atoms with E-state index in [1.807, 2.05) is 24.4 Å². The molecule has 1 aromatic rings. The fourth-order valence-corrected chi connectivity index (χ4v) is 2.87. The number of hydrogen-bond donors (Lipinski definition) is 0. The molecule has 0 bridgehead atoms. The Bertz CT molecular complexity index is 372. The van der Waals surface area contributed by atoms with Crippen molar-refractivity contribution in [2.24, 2.45) is 0 Å². The summed E-state index contributed by atoms with van der Waals surface area (Å²) in [4.78, 5) is 25.6. The van der Waals surface area contributed by atoms with Crippen LogP contribution in [0, 0.1) is 0 Å². The molecule has 0 saturated carbocycles. The summed E-state index contributed by atoms with van der Waals surface area (Å²) in [6.45, 7) is 2.62. The molecule has 0 spiro atoms. The van der Waals surface area contributed by atoms with Crippen molar-refractivity contribution < 1.29 is 9.59 Å². The van der Waals surface area contributed by atoms with Crippen molar-refractivity contribution in [2.75, 3.05) is 6.54 Å². The van der Waals surface area contributed by atoms with Crippen LogP contribution in [0.15, 0.2) is 17.5 Å². The van der Waals surface area contributed by atoms with Gasteiger partial charge < -0.3 is 4.90 Å². The normalized spacial score (nSPS) is 18.6. The Morgan fingerprint density at radius 1 is 1.53 bits per heavy atom. The topological polar surface area (TPSA) is 37.4 Å². The van der Waals surface area contributed by atoms with E-state index in [4.69, 9.17) is 0 Å². The van der Waals surface area contributed by atoms with Crippen LogP contribution in [0.4, 0.5) is 0 Å². The van der Waals surface area contributed by atoms with E-state index < -0.39 is 0 Å². The lowest BCUT2D eigenvalue weighted by atomic mass is 10.1. The maximum absolute atomic E-state index is 11.6. The second-order valence-electron chi connectivity index (χ2n) is 3.61. The van der Waals surface area contributed by atoms with Gasteiger partial charge in [0.2, 0.25) is 5.78 Å². The molecule has 1 unspecified atom stereocenters. The zero-order chi connectivity index (χ0) is 10.8. The van der Waals surface area contributed by atoms with Gasteiger partial charge in [0.15, 0.2) is 0 Å². The first kappa shape index (κ1) is 10.4. The predicted octanol–water partition coefficient (Wildman–Crippen LogP) is 2.00. The molecule has 2 rings (SSSR count). The molecule has 1 saturated heterocycles. The Labute approximate surface area is 92.7 Å². The molecule has 80 valence electrons. The van der Waals surface area contributed by atoms with Crippen molar-refractivity contribution >= 4 is 23.0 Å². The fourth-order valence-electron chi connectivity index (χ4n) is 1.94. The number of thiophene rings is 1. The van der Waals surface area contributed by atoms with Gasteiger partial charge in [-0.2, -0.15) is 0 Å². The number of amides is 1. The molecule has 1 aliphatic heterocycles. The molecule has 4 heteroatoms. The summed E-state index contributed by atoms with van der Waals surface area (Å²) < 4.78 is 0. The Morgan fingerprint density at radius 3 is 2.80 bits per heavy atom. The first-order valence-electron chi connectivity index (χ1n) is 5.11. The van der Waals surface area contributed by atoms with E-state index >= 15 is 0 Å². The van der Waals surface area contributed by atoms with Gasteiger partial charge in [-0.15, -0.1) is 11.3 Å². The Balaban J connectivity index is 2.21. The molecule has 15 heavy (non-hydrogen) atoms. The van der Waals surface area contributed by atoms with E-state index in [1.54, 1.807) is 16.2 Å². The third kappa shape index (κ3) is 1.81. The lowest BCUT2D eigenvalue weighted by molar-refractivity contribution is -0.141. The van der Waals surface area contributed by atoms with Crippen LogP contribution in [0.5, 0.6) is 0 Å². The van der Waals surface area contributed by atoms with Crippen LogP contribution in [-0.4, -0.2) is 23.1 Å². The van der Waals surface area contributed by atoms with Gasteiger partial charge in [-0.05, 0) is 17.9 Å². The Hall–Kier alpha value is -1.16. The van der Waals surface area contributed by atoms with E-state index in [9.17, 15) is 9.59 Å². The first-order chi connectivity index (χ1) is 7.24. The number of rotatable bonds is 3. The summed E-state index contributed by atoms with van der Waals surface area (Å²) >= 11 is 1.64. The summed E-state index contributed by atoms with van der Waals surface area (Å²) in [6, 6.07) is 4.09. The van der Waals surface area contributed by atoms with Gasteiger partial charge in [-0.1, -0.05) is 13.0 Å². The molecule has 1 aromatic heterocycles. The van der Waals surface area contributed by atoms with Gasteiger partial charge in [0.25, 0.3) is 5.91 Å². The highest BCUT2D eigenvalue weighted by Gasteiger charge is 2.34. The summed E-state index contributed by atoms with van der Waals surface area (Å²) in [6.07, 6.45) is 1.24. The third-order valence-electron chi connectivity index (χ3n) is 2.71. The lowest BCUT2D eigenvalue weighted by Gasteiger charge is -2.24. The van der Waals surface area contributed by atoms with Crippen molar-refractivity contribution in [1.29, 1.82) is 0 Å². The van der Waals surface area contributed by atoms with Crippen LogP contribution < -0.4 is 0 Å². The molecule has 1 fully saturated rings. The minimum atomic E-state index is -0.310. The minimum Gasteiger partial charge on any atom is -0.328 e. The average Bonchev–Trinajstić information content (AvgIpc) is 2.84. The number of nitrogens with zero attached hydrogens (tertiary/aromatic N) is 1. The SMILES string of the molecule is CCC(c1cccs1)N1CCC(=O)C1=O. The zero-order valence-electron chi connectivity index (χ0n) is 8.60. The second-order valence-corrected chi connectivity index (χ2v) is 4.59. The van der Waals surface area contributed by atoms with Crippen molar-refractivity contribution in [2.45, 2.75) is 25.8 Å². The number of likely N-dealkylation sites (tertiary alicyclic amines) is 1. The van der Waals surface area contributed by atoms with Crippen molar-refractivity contribution in [1.82, 2.24) is 4.90 Å². The molecule has 3 nitrogen and oxygen atoms in total. The molecule has 0 aromatic carbocycles. The van der Waals surface area contributed by atoms with E-state index in [0.29, 0.717) is 13.0 Å². The molecule has 1 aliphatic rings. The largest absolute Gasteiger partial charge is 0.328 e. The average molecular weight is 223 g/mol. The number of carbonyl (C=O) groups excluding carboxylic acids is 2. The second kappa shape index (κ2) is 4.14. The van der Waals surface area contributed by atoms with E-state index in [1.165, 1.54) is 4.88 Å². The lowest BCUT2D eigenvalue weighted by Crippen LogP contribution is -2.31. The molecule has 1 atom stereocenters. The minimum absolute atomic E-state index is 0.0870. The van der Waals surface area contributed by atoms with Crippen molar-refractivity contribution in [3.8, 4) is 0 Å². The van der Waals surface area contributed by atoms with Crippen molar-refractivity contribution in [3.63, 3.8) is 0 Å². The smallest absolute Gasteiger partial charge is 0.290 e. The van der Waals surface area contributed by atoms with E-state index in [0.717, 1.165) is 6.42 Å². The quantitative estimate of drug-likeness (QED) is 0.735. The van der Waals surface area contributed by atoms with Crippen molar-refractivity contribution in [3.05, 3.63) is 22.4 Å². The zero-order valence-corrected chi connectivity index (χ0v) is 9.42. The molecule has 0 aliphatic carbocycles. The summed E-state index contributed by atoms with van der Waals surface area (Å²) in [5.41, 5.74) is 0. The van der Waals surface area contributed by atoms with Crippen LogP contribution >= 0.6 is 11.3 Å². The Kier molecular flexibility index (Phi) is 2.86. The van der Waals surface area contributed by atoms with Crippen LogP contribution in [0.2, 0.25) is 0 Å². The van der Waals surface area contributed by atoms with E-state index in [-0.39, 0.29) is 17.7 Å². The first-order valence-corrected chi connectivity index (χ1v) is 5.99.